The monoisotopic (exact) mass is 177 g/mol. The number of methoxy groups -OCH3 is 1. The summed E-state index contributed by atoms with van der Waals surface area (Å²) in [4.78, 5) is 11.1. The quantitative estimate of drug-likeness (QED) is 0.609. The van der Waals surface area contributed by atoms with Crippen LogP contribution in [0.5, 0.6) is 0 Å². The number of ether oxygens (including phenoxy) is 1. The molecular weight excluding hydrogens is 166 g/mol. The molecule has 2 N–H and O–H groups in total. The van der Waals surface area contributed by atoms with Gasteiger partial charge in [0.2, 0.25) is 0 Å². The van der Waals surface area contributed by atoms with Gasteiger partial charge in [-0.2, -0.15) is 0 Å². The van der Waals surface area contributed by atoms with Crippen molar-refractivity contribution in [1.82, 2.24) is 0 Å². The van der Waals surface area contributed by atoms with Crippen LogP contribution in [0.4, 0.5) is 0 Å². The van der Waals surface area contributed by atoms with E-state index >= 15 is 0 Å². The molecule has 1 rings (SSSR count). The average Bonchev–Trinajstić information content (AvgIpc) is 2.10. The van der Waals surface area contributed by atoms with Crippen molar-refractivity contribution >= 4 is 5.97 Å². The molecule has 1 aliphatic rings. The lowest BCUT2D eigenvalue weighted by Crippen LogP contribution is -2.02. The van der Waals surface area contributed by atoms with Gasteiger partial charge in [-0.1, -0.05) is 12.2 Å². The molecule has 0 bridgehead atoms. The van der Waals surface area contributed by atoms with Crippen LogP contribution in [0.15, 0.2) is 47.7 Å². The summed E-state index contributed by atoms with van der Waals surface area (Å²) in [6.07, 6.45) is 10.2. The third-order valence-corrected chi connectivity index (χ3v) is 1.55. The number of esters is 1. The van der Waals surface area contributed by atoms with Gasteiger partial charge >= 0.3 is 5.97 Å². The van der Waals surface area contributed by atoms with Crippen LogP contribution in [-0.4, -0.2) is 13.1 Å². The highest BCUT2D eigenvalue weighted by molar-refractivity contribution is 5.91. The average molecular weight is 177 g/mol. The van der Waals surface area contributed by atoms with Crippen LogP contribution >= 0.6 is 0 Å². The number of rotatable bonds is 1. The van der Waals surface area contributed by atoms with Crippen molar-refractivity contribution in [2.75, 3.05) is 7.11 Å². The van der Waals surface area contributed by atoms with E-state index in [1.165, 1.54) is 7.11 Å². The van der Waals surface area contributed by atoms with Crippen molar-refractivity contribution in [2.24, 2.45) is 5.73 Å². The molecule has 3 nitrogen and oxygen atoms in total. The third-order valence-electron chi connectivity index (χ3n) is 1.55. The molecule has 1 aliphatic carbocycles. The Morgan fingerprint density at radius 3 is 2.69 bits per heavy atom. The topological polar surface area (TPSA) is 52.3 Å². The van der Waals surface area contributed by atoms with Crippen molar-refractivity contribution in [3.63, 3.8) is 0 Å². The number of allylic oxidation sites excluding steroid dienone is 5. The molecule has 0 radical (unpaired) electrons. The van der Waals surface area contributed by atoms with E-state index in [9.17, 15) is 4.79 Å². The summed E-state index contributed by atoms with van der Waals surface area (Å²) in [6.45, 7) is 0. The van der Waals surface area contributed by atoms with Crippen molar-refractivity contribution in [2.45, 2.75) is 0 Å². The lowest BCUT2D eigenvalue weighted by atomic mass is 10.2. The fraction of sp³-hybridized carbons (Fsp3) is 0.100. The third kappa shape index (κ3) is 2.63. The zero-order valence-corrected chi connectivity index (χ0v) is 7.36. The zero-order chi connectivity index (χ0) is 9.68. The first-order chi connectivity index (χ1) is 6.24. The van der Waals surface area contributed by atoms with Crippen LogP contribution in [0.1, 0.15) is 0 Å². The molecule has 0 amide bonds. The summed E-state index contributed by atoms with van der Waals surface area (Å²) >= 11 is 0. The molecule has 0 heterocycles. The Balaban J connectivity index is 2.86. The van der Waals surface area contributed by atoms with E-state index in [0.717, 1.165) is 0 Å². The Bertz CT molecular complexity index is 322. The van der Waals surface area contributed by atoms with Gasteiger partial charge in [-0.3, -0.25) is 0 Å². The molecular formula is C10H11NO2. The fourth-order valence-electron chi connectivity index (χ4n) is 0.891. The SMILES string of the molecule is COC(=O)C1=C/C=C\C(N)=C/C=C\1. The second-order valence-electron chi connectivity index (χ2n) is 2.50. The Labute approximate surface area is 76.9 Å². The summed E-state index contributed by atoms with van der Waals surface area (Å²) in [5, 5.41) is 0. The van der Waals surface area contributed by atoms with Crippen molar-refractivity contribution < 1.29 is 9.53 Å². The normalized spacial score (nSPS) is 28.4. The minimum absolute atomic E-state index is 0.352. The van der Waals surface area contributed by atoms with E-state index in [0.29, 0.717) is 11.3 Å². The first kappa shape index (κ1) is 9.32. The molecule has 0 atom stereocenters. The lowest BCUT2D eigenvalue weighted by molar-refractivity contribution is -0.135. The maximum Gasteiger partial charge on any atom is 0.337 e. The molecule has 68 valence electrons. The van der Waals surface area contributed by atoms with E-state index in [1.54, 1.807) is 36.5 Å². The number of carbonyl (C=O) groups is 1. The number of hydrogen-bond acceptors (Lipinski definition) is 3. The molecule has 0 fully saturated rings. The molecule has 0 aromatic heterocycles. The second-order valence-corrected chi connectivity index (χ2v) is 2.50. The van der Waals surface area contributed by atoms with E-state index in [-0.39, 0.29) is 5.97 Å². The Kier molecular flexibility index (Phi) is 3.09. The van der Waals surface area contributed by atoms with Crippen LogP contribution in [0.3, 0.4) is 0 Å². The Morgan fingerprint density at radius 2 is 2.00 bits per heavy atom. The summed E-state index contributed by atoms with van der Waals surface area (Å²) in [5.74, 6) is -0.352. The minimum Gasteiger partial charge on any atom is -0.465 e. The Morgan fingerprint density at radius 1 is 1.31 bits per heavy atom. The molecule has 0 saturated carbocycles. The molecule has 0 spiro atoms. The molecule has 0 unspecified atom stereocenters. The van der Waals surface area contributed by atoms with Crippen LogP contribution in [-0.2, 0) is 9.53 Å². The maximum atomic E-state index is 11.1. The summed E-state index contributed by atoms with van der Waals surface area (Å²) in [5.41, 5.74) is 6.69. The largest absolute Gasteiger partial charge is 0.465 e. The zero-order valence-electron chi connectivity index (χ0n) is 7.36. The molecule has 13 heavy (non-hydrogen) atoms. The molecule has 0 aromatic rings. The molecule has 0 aliphatic heterocycles. The number of carbonyl (C=O) groups excluding carboxylic acids is 1. The smallest absolute Gasteiger partial charge is 0.337 e. The number of hydrogen-bond donors (Lipinski definition) is 1. The maximum absolute atomic E-state index is 11.1. The first-order valence-corrected chi connectivity index (χ1v) is 3.84. The molecule has 0 aromatic carbocycles. The van der Waals surface area contributed by atoms with E-state index in [4.69, 9.17) is 5.73 Å². The van der Waals surface area contributed by atoms with Crippen molar-refractivity contribution in [3.05, 3.63) is 47.7 Å². The van der Waals surface area contributed by atoms with Gasteiger partial charge in [0.25, 0.3) is 0 Å². The van der Waals surface area contributed by atoms with Crippen LogP contribution in [0.25, 0.3) is 0 Å². The second kappa shape index (κ2) is 4.30. The van der Waals surface area contributed by atoms with E-state index in [1.807, 2.05) is 0 Å². The number of nitrogens with two attached hydrogens (primary N) is 1. The standard InChI is InChI=1S/C10H11NO2/c1-13-10(12)8-4-2-6-9(11)7-3-5-8/h2-7H,11H2,1H3/b4-2-,5-3?,6-2?,7-3-,8-4?,8-5+,9-6+,9-7?. The molecule has 3 heteroatoms. The highest BCUT2D eigenvalue weighted by Crippen LogP contribution is 2.04. The van der Waals surface area contributed by atoms with Crippen LogP contribution in [0.2, 0.25) is 0 Å². The van der Waals surface area contributed by atoms with Crippen LogP contribution < -0.4 is 5.73 Å². The van der Waals surface area contributed by atoms with Gasteiger partial charge in [-0.05, 0) is 24.3 Å². The fourth-order valence-corrected chi connectivity index (χ4v) is 0.891. The predicted molar refractivity (Wildman–Crippen MR) is 50.6 cm³/mol. The van der Waals surface area contributed by atoms with Gasteiger partial charge in [-0.25, -0.2) is 4.79 Å². The van der Waals surface area contributed by atoms with Crippen LogP contribution in [0, 0.1) is 0 Å². The lowest BCUT2D eigenvalue weighted by Gasteiger charge is -1.99. The minimum atomic E-state index is -0.352. The van der Waals surface area contributed by atoms with Gasteiger partial charge in [0.1, 0.15) is 0 Å². The van der Waals surface area contributed by atoms with E-state index < -0.39 is 0 Å². The van der Waals surface area contributed by atoms with Gasteiger partial charge < -0.3 is 10.5 Å². The van der Waals surface area contributed by atoms with E-state index in [2.05, 4.69) is 4.74 Å². The highest BCUT2D eigenvalue weighted by atomic mass is 16.5. The Hall–Kier alpha value is -1.77. The summed E-state index contributed by atoms with van der Waals surface area (Å²) in [7, 11) is 1.35. The molecule has 0 saturated heterocycles. The van der Waals surface area contributed by atoms with Gasteiger partial charge in [0, 0.05) is 5.70 Å². The summed E-state index contributed by atoms with van der Waals surface area (Å²) in [6, 6.07) is 0. The highest BCUT2D eigenvalue weighted by Gasteiger charge is 2.03. The van der Waals surface area contributed by atoms with Crippen molar-refractivity contribution in [1.29, 1.82) is 0 Å². The predicted octanol–water partition coefficient (Wildman–Crippen LogP) is 1.05. The van der Waals surface area contributed by atoms with Gasteiger partial charge in [0.15, 0.2) is 0 Å². The first-order valence-electron chi connectivity index (χ1n) is 3.84. The summed E-state index contributed by atoms with van der Waals surface area (Å²) < 4.78 is 4.57. The van der Waals surface area contributed by atoms with Crippen molar-refractivity contribution in [3.8, 4) is 0 Å². The van der Waals surface area contributed by atoms with Gasteiger partial charge in [0.05, 0.1) is 12.7 Å². The van der Waals surface area contributed by atoms with Gasteiger partial charge in [-0.15, -0.1) is 0 Å².